The molecule has 0 radical (unpaired) electrons. The lowest BCUT2D eigenvalue weighted by Gasteiger charge is -2.11. The molecule has 6 heteroatoms. The largest absolute Gasteiger partial charge is 0.494 e. The summed E-state index contributed by atoms with van der Waals surface area (Å²) in [6.07, 6.45) is 3.28. The van der Waals surface area contributed by atoms with Crippen molar-refractivity contribution in [3.63, 3.8) is 0 Å². The molecule has 24 heavy (non-hydrogen) atoms. The van der Waals surface area contributed by atoms with E-state index in [0.717, 1.165) is 36.5 Å². The fourth-order valence-corrected chi connectivity index (χ4v) is 3.02. The van der Waals surface area contributed by atoms with Crippen LogP contribution in [0.1, 0.15) is 52.0 Å². The average molecular weight is 371 g/mol. The molecule has 2 rings (SSSR count). The quantitative estimate of drug-likeness (QED) is 0.312. The van der Waals surface area contributed by atoms with Gasteiger partial charge in [-0.2, -0.15) is 5.10 Å². The molecule has 1 aliphatic carbocycles. The van der Waals surface area contributed by atoms with Crippen LogP contribution in [0.15, 0.2) is 29.4 Å². The molecule has 0 heterocycles. The van der Waals surface area contributed by atoms with E-state index < -0.39 is 9.75 Å². The summed E-state index contributed by atoms with van der Waals surface area (Å²) in [7, 11) is 0. The Morgan fingerprint density at radius 3 is 2.42 bits per heavy atom. The van der Waals surface area contributed by atoms with Crippen LogP contribution in [0.25, 0.3) is 0 Å². The van der Waals surface area contributed by atoms with Gasteiger partial charge in [0.25, 0.3) is 0 Å². The van der Waals surface area contributed by atoms with Gasteiger partial charge in [-0.3, -0.25) is 4.79 Å². The summed E-state index contributed by atoms with van der Waals surface area (Å²) in [4.78, 5) is 12.2. The summed E-state index contributed by atoms with van der Waals surface area (Å²) in [5.41, 5.74) is 3.57. The zero-order valence-corrected chi connectivity index (χ0v) is 15.9. The minimum atomic E-state index is -0.990. The van der Waals surface area contributed by atoms with Gasteiger partial charge < -0.3 is 4.74 Å². The van der Waals surface area contributed by atoms with Gasteiger partial charge in [0, 0.05) is 0 Å². The smallest absolute Gasteiger partial charge is 0.249 e. The van der Waals surface area contributed by atoms with Crippen molar-refractivity contribution in [2.75, 3.05) is 6.61 Å². The maximum atomic E-state index is 12.2. The minimum absolute atomic E-state index is 0.252. The molecule has 0 unspecified atom stereocenters. The summed E-state index contributed by atoms with van der Waals surface area (Å²) < 4.78 is 4.66. The molecule has 0 bridgehead atoms. The number of hydrogen-bond donors (Lipinski definition) is 1. The van der Waals surface area contributed by atoms with Crippen LogP contribution < -0.4 is 10.2 Å². The molecule has 0 aromatic heterocycles. The van der Waals surface area contributed by atoms with Crippen molar-refractivity contribution in [1.29, 1.82) is 0 Å². The number of carbonyl (C=O) groups is 1. The summed E-state index contributed by atoms with van der Waals surface area (Å²) in [6.45, 7) is 6.58. The second-order valence-corrected chi connectivity index (χ2v) is 7.78. The molecule has 1 fully saturated rings. The highest BCUT2D eigenvalue weighted by molar-refractivity contribution is 6.53. The van der Waals surface area contributed by atoms with E-state index in [0.29, 0.717) is 12.8 Å². The first-order valence-corrected chi connectivity index (χ1v) is 9.07. The Morgan fingerprint density at radius 1 is 1.29 bits per heavy atom. The monoisotopic (exact) mass is 370 g/mol. The van der Waals surface area contributed by atoms with Crippen LogP contribution >= 0.6 is 23.2 Å². The van der Waals surface area contributed by atoms with Crippen LogP contribution in [0.5, 0.6) is 5.75 Å². The van der Waals surface area contributed by atoms with Gasteiger partial charge in [0.05, 0.1) is 17.7 Å². The number of rotatable bonds is 8. The maximum Gasteiger partial charge on any atom is 0.249 e. The van der Waals surface area contributed by atoms with Crippen molar-refractivity contribution < 1.29 is 9.53 Å². The number of hydrazone groups is 1. The normalized spacial score (nSPS) is 22.1. The molecular formula is C18H24Cl2N2O2. The van der Waals surface area contributed by atoms with Crippen molar-refractivity contribution in [2.45, 2.75) is 50.8 Å². The number of unbranched alkanes of at least 4 members (excludes halogenated alkanes) is 1. The van der Waals surface area contributed by atoms with Crippen LogP contribution in [0.4, 0.5) is 0 Å². The standard InChI is InChI=1S/C18H24Cl2N2O2/c1-4-6-11-24-14-9-7-13(8-10-14)15(5-2)21-22-16(23)17(3)12-18(17,19)20/h7-10H,4-6,11-12H2,1-3H3,(H,22,23)/b21-15-/t17-/m0/s1. The molecule has 0 spiro atoms. The Labute approximate surface area is 153 Å². The topological polar surface area (TPSA) is 50.7 Å². The van der Waals surface area contributed by atoms with Gasteiger partial charge in [-0.1, -0.05) is 20.3 Å². The number of ether oxygens (including phenoxy) is 1. The van der Waals surface area contributed by atoms with Crippen LogP contribution in [-0.2, 0) is 4.79 Å². The summed E-state index contributed by atoms with van der Waals surface area (Å²) in [5, 5.41) is 4.25. The molecule has 1 aliphatic rings. The van der Waals surface area contributed by atoms with Crippen molar-refractivity contribution in [3.8, 4) is 5.75 Å². The fourth-order valence-electron chi connectivity index (χ4n) is 2.31. The van der Waals surface area contributed by atoms with E-state index in [1.54, 1.807) is 6.92 Å². The molecule has 132 valence electrons. The Bertz CT molecular complexity index is 614. The number of carbonyl (C=O) groups excluding carboxylic acids is 1. The lowest BCUT2D eigenvalue weighted by atomic mass is 10.1. The third kappa shape index (κ3) is 4.22. The first-order chi connectivity index (χ1) is 11.3. The maximum absolute atomic E-state index is 12.2. The van der Waals surface area contributed by atoms with E-state index >= 15 is 0 Å². The van der Waals surface area contributed by atoms with Gasteiger partial charge in [-0.05, 0) is 56.0 Å². The predicted molar refractivity (Wildman–Crippen MR) is 99.0 cm³/mol. The van der Waals surface area contributed by atoms with E-state index in [1.807, 2.05) is 31.2 Å². The molecule has 1 saturated carbocycles. The van der Waals surface area contributed by atoms with Crippen LogP contribution in [-0.4, -0.2) is 22.6 Å². The van der Waals surface area contributed by atoms with Crippen LogP contribution in [0.3, 0.4) is 0 Å². The van der Waals surface area contributed by atoms with Crippen molar-refractivity contribution in [2.24, 2.45) is 10.5 Å². The van der Waals surface area contributed by atoms with Crippen LogP contribution in [0.2, 0.25) is 0 Å². The fraction of sp³-hybridized carbons (Fsp3) is 0.556. The molecular weight excluding hydrogens is 347 g/mol. The van der Waals surface area contributed by atoms with Gasteiger partial charge in [0.15, 0.2) is 0 Å². The molecule has 0 aliphatic heterocycles. The number of benzene rings is 1. The van der Waals surface area contributed by atoms with Crippen molar-refractivity contribution in [3.05, 3.63) is 29.8 Å². The first-order valence-electron chi connectivity index (χ1n) is 8.32. The van der Waals surface area contributed by atoms with Gasteiger partial charge >= 0.3 is 0 Å². The zero-order valence-electron chi connectivity index (χ0n) is 14.4. The molecule has 0 saturated heterocycles. The van der Waals surface area contributed by atoms with Gasteiger partial charge in [-0.15, -0.1) is 23.2 Å². The Morgan fingerprint density at radius 2 is 1.92 bits per heavy atom. The summed E-state index contributed by atoms with van der Waals surface area (Å²) in [5.74, 6) is 0.587. The zero-order chi connectivity index (χ0) is 17.8. The van der Waals surface area contributed by atoms with E-state index in [-0.39, 0.29) is 5.91 Å². The lowest BCUT2D eigenvalue weighted by Crippen LogP contribution is -2.30. The SMILES string of the molecule is CCCCOc1ccc(/C(CC)=N\NC(=O)[C@]2(C)CC2(Cl)Cl)cc1. The van der Waals surface area contributed by atoms with Crippen molar-refractivity contribution in [1.82, 2.24) is 5.43 Å². The summed E-state index contributed by atoms with van der Waals surface area (Å²) >= 11 is 12.0. The van der Waals surface area contributed by atoms with E-state index in [2.05, 4.69) is 17.5 Å². The molecule has 1 aromatic rings. The molecule has 1 amide bonds. The number of nitrogens with zero attached hydrogens (tertiary/aromatic N) is 1. The third-order valence-electron chi connectivity index (χ3n) is 4.34. The third-order valence-corrected chi connectivity index (χ3v) is 5.44. The molecule has 4 nitrogen and oxygen atoms in total. The number of amides is 1. The number of alkyl halides is 2. The Hall–Kier alpha value is -1.26. The van der Waals surface area contributed by atoms with E-state index in [4.69, 9.17) is 27.9 Å². The molecule has 1 N–H and O–H groups in total. The Balaban J connectivity index is 1.99. The lowest BCUT2D eigenvalue weighted by molar-refractivity contribution is -0.125. The van der Waals surface area contributed by atoms with Crippen LogP contribution in [0, 0.1) is 5.41 Å². The van der Waals surface area contributed by atoms with E-state index in [1.165, 1.54) is 0 Å². The molecule has 1 aromatic carbocycles. The number of hydrogen-bond acceptors (Lipinski definition) is 3. The second-order valence-electron chi connectivity index (χ2n) is 6.29. The summed E-state index contributed by atoms with van der Waals surface area (Å²) in [6, 6.07) is 7.73. The highest BCUT2D eigenvalue weighted by Gasteiger charge is 2.68. The number of nitrogens with one attached hydrogen (secondary N) is 1. The van der Waals surface area contributed by atoms with Gasteiger partial charge in [-0.25, -0.2) is 5.43 Å². The van der Waals surface area contributed by atoms with Gasteiger partial charge in [0.1, 0.15) is 10.1 Å². The van der Waals surface area contributed by atoms with E-state index in [9.17, 15) is 4.79 Å². The minimum Gasteiger partial charge on any atom is -0.494 e. The highest BCUT2D eigenvalue weighted by Crippen LogP contribution is 2.63. The Kier molecular flexibility index (Phi) is 6.16. The van der Waals surface area contributed by atoms with Crippen molar-refractivity contribution >= 4 is 34.8 Å². The number of halogens is 2. The highest BCUT2D eigenvalue weighted by atomic mass is 35.5. The second kappa shape index (κ2) is 7.75. The molecule has 1 atom stereocenters. The predicted octanol–water partition coefficient (Wildman–Crippen LogP) is 4.68. The first kappa shape index (κ1) is 19.1. The average Bonchev–Trinajstić information content (AvgIpc) is 3.09. The van der Waals surface area contributed by atoms with Gasteiger partial charge in [0.2, 0.25) is 5.91 Å².